The average Bonchev–Trinajstić information content (AvgIpc) is 3.53. The van der Waals surface area contributed by atoms with E-state index in [0.717, 1.165) is 73.9 Å². The summed E-state index contributed by atoms with van der Waals surface area (Å²) >= 11 is 0. The molecule has 1 N–H and O–H groups in total. The third-order valence-corrected chi connectivity index (χ3v) is 7.67. The Morgan fingerprint density at radius 1 is 1.00 bits per heavy atom. The molecule has 40 heavy (non-hydrogen) atoms. The molecule has 2 aromatic heterocycles. The summed E-state index contributed by atoms with van der Waals surface area (Å²) in [7, 11) is 2.03. The van der Waals surface area contributed by atoms with Crippen molar-refractivity contribution in [1.82, 2.24) is 24.2 Å². The second-order valence-electron chi connectivity index (χ2n) is 10.5. The minimum absolute atomic E-state index is 0.00403. The molecule has 0 unspecified atom stereocenters. The van der Waals surface area contributed by atoms with Crippen LogP contribution in [0.5, 0.6) is 0 Å². The number of anilines is 2. The molecular weight excluding hydrogens is 519 g/mol. The maximum Gasteiger partial charge on any atom is 0.416 e. The maximum atomic E-state index is 13.7. The molecule has 4 aromatic rings. The van der Waals surface area contributed by atoms with Crippen molar-refractivity contribution in [3.63, 3.8) is 0 Å². The summed E-state index contributed by atoms with van der Waals surface area (Å²) in [5, 5.41) is 2.83. The Morgan fingerprint density at radius 3 is 2.62 bits per heavy atom. The third-order valence-electron chi connectivity index (χ3n) is 7.67. The first-order chi connectivity index (χ1) is 19.2. The van der Waals surface area contributed by atoms with Crippen molar-refractivity contribution in [3.8, 4) is 0 Å². The number of amides is 1. The number of halogens is 3. The van der Waals surface area contributed by atoms with Crippen molar-refractivity contribution in [1.29, 1.82) is 0 Å². The van der Waals surface area contributed by atoms with E-state index in [1.807, 2.05) is 36.0 Å². The van der Waals surface area contributed by atoms with Gasteiger partial charge in [0.2, 0.25) is 0 Å². The smallest absolute Gasteiger partial charge is 0.365 e. The zero-order chi connectivity index (χ0) is 27.9. The van der Waals surface area contributed by atoms with E-state index in [2.05, 4.69) is 30.0 Å². The van der Waals surface area contributed by atoms with Gasteiger partial charge in [-0.25, -0.2) is 4.98 Å². The van der Waals surface area contributed by atoms with Gasteiger partial charge in [0.15, 0.2) is 5.65 Å². The molecule has 0 saturated carbocycles. The van der Waals surface area contributed by atoms with E-state index in [1.165, 1.54) is 0 Å². The maximum absolute atomic E-state index is 13.7. The quantitative estimate of drug-likeness (QED) is 0.387. The van der Waals surface area contributed by atoms with Crippen LogP contribution < -0.4 is 10.2 Å². The number of nitrogens with zero attached hydrogens (tertiary/aromatic N) is 6. The molecule has 11 heteroatoms. The summed E-state index contributed by atoms with van der Waals surface area (Å²) in [6.07, 6.45) is 3.44. The highest BCUT2D eigenvalue weighted by atomic mass is 19.4. The lowest BCUT2D eigenvalue weighted by Gasteiger charge is -2.32. The lowest BCUT2D eigenvalue weighted by molar-refractivity contribution is -0.137. The SMILES string of the molecule is CN1CCN(Cc2cc(C(=O)Nc3ccc4c(c3)N(Cc3cnc5cnccn35)CC4)cc(C(F)(F)F)c2)CC1. The van der Waals surface area contributed by atoms with Crippen LogP contribution in [0.1, 0.15) is 32.7 Å². The molecule has 4 heterocycles. The van der Waals surface area contributed by atoms with Gasteiger partial charge < -0.3 is 15.1 Å². The van der Waals surface area contributed by atoms with Gasteiger partial charge in [0.1, 0.15) is 0 Å². The Morgan fingerprint density at radius 2 is 1.82 bits per heavy atom. The summed E-state index contributed by atoms with van der Waals surface area (Å²) in [6, 6.07) is 9.32. The number of aromatic nitrogens is 3. The number of imidazole rings is 1. The molecule has 0 spiro atoms. The highest BCUT2D eigenvalue weighted by Gasteiger charge is 2.32. The summed E-state index contributed by atoms with van der Waals surface area (Å²) < 4.78 is 43.2. The standard InChI is InChI=1S/C29H30F3N7O/c1-36-8-10-37(11-9-36)18-20-12-22(14-23(13-20)29(30,31)32)28(40)35-24-3-2-21-4-6-38(26(21)15-24)19-25-16-34-27-17-33-5-7-39(25)27/h2-3,5,7,12-17H,4,6,8-11,18-19H2,1H3,(H,35,40). The summed E-state index contributed by atoms with van der Waals surface area (Å²) in [5.41, 5.74) is 4.12. The topological polar surface area (TPSA) is 69.0 Å². The number of likely N-dealkylation sites (N-methyl/N-ethyl adjacent to an activating group) is 1. The molecule has 0 radical (unpaired) electrons. The van der Waals surface area contributed by atoms with Crippen molar-refractivity contribution < 1.29 is 18.0 Å². The summed E-state index contributed by atoms with van der Waals surface area (Å²) in [6.45, 7) is 5.06. The number of fused-ring (bicyclic) bond motifs is 2. The van der Waals surface area contributed by atoms with Crippen LogP contribution in [0, 0.1) is 0 Å². The Bertz CT molecular complexity index is 1540. The fraction of sp³-hybridized carbons (Fsp3) is 0.345. The van der Waals surface area contributed by atoms with Gasteiger partial charge in [0.05, 0.1) is 30.2 Å². The van der Waals surface area contributed by atoms with Crippen molar-refractivity contribution in [2.45, 2.75) is 25.7 Å². The van der Waals surface area contributed by atoms with Gasteiger partial charge in [-0.15, -0.1) is 0 Å². The van der Waals surface area contributed by atoms with Gasteiger partial charge in [-0.05, 0) is 54.9 Å². The van der Waals surface area contributed by atoms with Crippen molar-refractivity contribution in [2.24, 2.45) is 0 Å². The number of benzene rings is 2. The zero-order valence-corrected chi connectivity index (χ0v) is 22.2. The van der Waals surface area contributed by atoms with Gasteiger partial charge in [0.25, 0.3) is 5.91 Å². The van der Waals surface area contributed by atoms with E-state index in [4.69, 9.17) is 0 Å². The van der Waals surface area contributed by atoms with Crippen LogP contribution in [0.25, 0.3) is 5.65 Å². The molecule has 2 aliphatic rings. The molecule has 208 valence electrons. The van der Waals surface area contributed by atoms with Crippen LogP contribution >= 0.6 is 0 Å². The average molecular weight is 550 g/mol. The third kappa shape index (κ3) is 5.52. The lowest BCUT2D eigenvalue weighted by atomic mass is 10.0. The van der Waals surface area contributed by atoms with E-state index < -0.39 is 17.6 Å². The normalized spacial score (nSPS) is 16.4. The fourth-order valence-corrected chi connectivity index (χ4v) is 5.44. The number of hydrogen-bond acceptors (Lipinski definition) is 6. The Balaban J connectivity index is 1.21. The van der Waals surface area contributed by atoms with Crippen molar-refractivity contribution in [2.75, 3.05) is 50.0 Å². The van der Waals surface area contributed by atoms with Gasteiger partial charge in [-0.2, -0.15) is 13.2 Å². The van der Waals surface area contributed by atoms with Crippen LogP contribution in [0.4, 0.5) is 24.5 Å². The molecule has 1 fully saturated rings. The summed E-state index contributed by atoms with van der Waals surface area (Å²) in [5.74, 6) is -0.565. The number of carbonyl (C=O) groups excluding carboxylic acids is 1. The molecule has 8 nitrogen and oxygen atoms in total. The van der Waals surface area contributed by atoms with E-state index in [-0.39, 0.29) is 5.56 Å². The first-order valence-corrected chi connectivity index (χ1v) is 13.3. The monoisotopic (exact) mass is 549 g/mol. The first-order valence-electron chi connectivity index (χ1n) is 13.3. The predicted octanol–water partition coefficient (Wildman–Crippen LogP) is 4.31. The molecular formula is C29H30F3N7O. The Labute approximate surface area is 230 Å². The van der Waals surface area contributed by atoms with E-state index >= 15 is 0 Å². The van der Waals surface area contributed by atoms with Crippen LogP contribution in [0.15, 0.2) is 61.2 Å². The molecule has 1 amide bonds. The Hall–Kier alpha value is -3.96. The second kappa shape index (κ2) is 10.5. The molecule has 2 aliphatic heterocycles. The highest BCUT2D eigenvalue weighted by molar-refractivity contribution is 6.04. The molecule has 1 saturated heterocycles. The van der Waals surface area contributed by atoms with Crippen LogP contribution in [0.2, 0.25) is 0 Å². The van der Waals surface area contributed by atoms with E-state index in [9.17, 15) is 18.0 Å². The minimum Gasteiger partial charge on any atom is -0.365 e. The molecule has 0 atom stereocenters. The fourth-order valence-electron chi connectivity index (χ4n) is 5.44. The predicted molar refractivity (Wildman–Crippen MR) is 146 cm³/mol. The second-order valence-corrected chi connectivity index (χ2v) is 10.5. The van der Waals surface area contributed by atoms with Gasteiger partial charge in [-0.1, -0.05) is 6.07 Å². The number of piperazine rings is 1. The minimum atomic E-state index is -4.55. The Kier molecular flexibility index (Phi) is 6.93. The number of alkyl halides is 3. The lowest BCUT2D eigenvalue weighted by Crippen LogP contribution is -2.43. The molecule has 0 bridgehead atoms. The van der Waals surface area contributed by atoms with Crippen LogP contribution in [-0.4, -0.2) is 69.8 Å². The number of carbonyl (C=O) groups is 1. The van der Waals surface area contributed by atoms with Gasteiger partial charge >= 0.3 is 6.18 Å². The van der Waals surface area contributed by atoms with E-state index in [1.54, 1.807) is 24.5 Å². The van der Waals surface area contributed by atoms with Crippen LogP contribution in [0.3, 0.4) is 0 Å². The van der Waals surface area contributed by atoms with Gasteiger partial charge in [-0.3, -0.25) is 19.1 Å². The largest absolute Gasteiger partial charge is 0.416 e. The number of rotatable bonds is 6. The molecule has 6 rings (SSSR count). The first kappa shape index (κ1) is 26.3. The van der Waals surface area contributed by atoms with Crippen molar-refractivity contribution >= 4 is 22.9 Å². The zero-order valence-electron chi connectivity index (χ0n) is 22.2. The number of nitrogens with one attached hydrogen (secondary N) is 1. The van der Waals surface area contributed by atoms with Crippen molar-refractivity contribution in [3.05, 3.63) is 89.1 Å². The highest BCUT2D eigenvalue weighted by Crippen LogP contribution is 2.34. The molecule has 0 aliphatic carbocycles. The summed E-state index contributed by atoms with van der Waals surface area (Å²) in [4.78, 5) is 28.3. The molecule has 2 aromatic carbocycles. The number of hydrogen-bond donors (Lipinski definition) is 1. The van der Waals surface area contributed by atoms with E-state index in [0.29, 0.717) is 24.3 Å². The van der Waals surface area contributed by atoms with Crippen LogP contribution in [-0.2, 0) is 25.7 Å². The van der Waals surface area contributed by atoms with Gasteiger partial charge in [0, 0.05) is 68.6 Å².